The zero-order valence-electron chi connectivity index (χ0n) is 11.8. The number of hydrogen-bond acceptors (Lipinski definition) is 3. The van der Waals surface area contributed by atoms with Crippen LogP contribution >= 0.6 is 0 Å². The fourth-order valence-electron chi connectivity index (χ4n) is 2.70. The zero-order valence-corrected chi connectivity index (χ0v) is 11.8. The third kappa shape index (κ3) is 4.84. The van der Waals surface area contributed by atoms with Crippen molar-refractivity contribution in [3.05, 3.63) is 29.8 Å². The van der Waals surface area contributed by atoms with Gasteiger partial charge < -0.3 is 9.84 Å². The van der Waals surface area contributed by atoms with Gasteiger partial charge in [0.25, 0.3) is 0 Å². The minimum Gasteiger partial charge on any atom is -0.492 e. The Bertz CT molecular complexity index is 362. The number of ether oxygens (including phenoxy) is 1. The molecule has 1 unspecified atom stereocenters. The van der Waals surface area contributed by atoms with Crippen molar-refractivity contribution >= 4 is 0 Å². The molecule has 1 atom stereocenters. The van der Waals surface area contributed by atoms with Crippen molar-refractivity contribution in [2.45, 2.75) is 26.2 Å². The largest absolute Gasteiger partial charge is 0.492 e. The quantitative estimate of drug-likeness (QED) is 0.856. The maximum atomic E-state index is 9.01. The second-order valence-electron chi connectivity index (χ2n) is 5.48. The predicted molar refractivity (Wildman–Crippen MR) is 77.5 cm³/mol. The molecule has 3 heteroatoms. The molecular formula is C16H25NO2. The molecule has 0 bridgehead atoms. The number of piperidine rings is 1. The van der Waals surface area contributed by atoms with E-state index in [9.17, 15) is 0 Å². The maximum absolute atomic E-state index is 9.01. The van der Waals surface area contributed by atoms with E-state index in [-0.39, 0.29) is 0 Å². The molecule has 1 heterocycles. The molecule has 0 spiro atoms. The van der Waals surface area contributed by atoms with Gasteiger partial charge in [0.1, 0.15) is 12.4 Å². The van der Waals surface area contributed by atoms with Crippen molar-refractivity contribution in [3.63, 3.8) is 0 Å². The van der Waals surface area contributed by atoms with E-state index in [0.29, 0.717) is 12.5 Å². The molecule has 0 radical (unpaired) electrons. The highest BCUT2D eigenvalue weighted by atomic mass is 16.5. The third-order valence-corrected chi connectivity index (χ3v) is 3.84. The first-order chi connectivity index (χ1) is 9.28. The predicted octanol–water partition coefficient (Wildman–Crippen LogP) is 2.47. The fourth-order valence-corrected chi connectivity index (χ4v) is 2.70. The third-order valence-electron chi connectivity index (χ3n) is 3.84. The first kappa shape index (κ1) is 14.4. The van der Waals surface area contributed by atoms with E-state index >= 15 is 0 Å². The molecule has 0 saturated carbocycles. The Hall–Kier alpha value is -1.06. The van der Waals surface area contributed by atoms with Crippen molar-refractivity contribution in [2.75, 3.05) is 32.8 Å². The number of aliphatic hydroxyl groups excluding tert-OH is 1. The summed E-state index contributed by atoms with van der Waals surface area (Å²) in [7, 11) is 0. The number of aryl methyl sites for hydroxylation is 1. The molecule has 19 heavy (non-hydrogen) atoms. The lowest BCUT2D eigenvalue weighted by Gasteiger charge is -2.32. The Balaban J connectivity index is 1.69. The second-order valence-corrected chi connectivity index (χ2v) is 5.48. The van der Waals surface area contributed by atoms with Gasteiger partial charge >= 0.3 is 0 Å². The molecule has 3 nitrogen and oxygen atoms in total. The summed E-state index contributed by atoms with van der Waals surface area (Å²) in [5.74, 6) is 1.62. The van der Waals surface area contributed by atoms with Crippen LogP contribution in [0.15, 0.2) is 24.3 Å². The summed E-state index contributed by atoms with van der Waals surface area (Å²) >= 11 is 0. The van der Waals surface area contributed by atoms with Gasteiger partial charge in [-0.3, -0.25) is 4.90 Å². The maximum Gasteiger partial charge on any atom is 0.119 e. The number of hydrogen-bond donors (Lipinski definition) is 1. The molecule has 2 rings (SSSR count). The summed E-state index contributed by atoms with van der Waals surface area (Å²) in [6.45, 7) is 6.40. The van der Waals surface area contributed by atoms with Crippen molar-refractivity contribution < 1.29 is 9.84 Å². The Morgan fingerprint density at radius 1 is 1.32 bits per heavy atom. The van der Waals surface area contributed by atoms with Crippen molar-refractivity contribution in [1.29, 1.82) is 0 Å². The van der Waals surface area contributed by atoms with Gasteiger partial charge in [-0.1, -0.05) is 17.7 Å². The van der Waals surface area contributed by atoms with Crippen LogP contribution in [-0.2, 0) is 0 Å². The average Bonchev–Trinajstić information content (AvgIpc) is 2.42. The number of aliphatic hydroxyl groups is 1. The van der Waals surface area contributed by atoms with E-state index in [1.54, 1.807) is 0 Å². The SMILES string of the molecule is Cc1ccc(OCCN2CCCC(CCO)C2)cc1. The van der Waals surface area contributed by atoms with E-state index in [1.165, 1.54) is 24.9 Å². The monoisotopic (exact) mass is 263 g/mol. The van der Waals surface area contributed by atoms with Crippen LogP contribution in [0, 0.1) is 12.8 Å². The van der Waals surface area contributed by atoms with E-state index in [4.69, 9.17) is 9.84 Å². The minimum absolute atomic E-state index is 0.318. The lowest BCUT2D eigenvalue weighted by Crippen LogP contribution is -2.38. The van der Waals surface area contributed by atoms with Gasteiger partial charge in [0.05, 0.1) is 0 Å². The Labute approximate surface area is 116 Å². The molecule has 1 aliphatic heterocycles. The van der Waals surface area contributed by atoms with Crippen LogP contribution in [0.2, 0.25) is 0 Å². The fraction of sp³-hybridized carbons (Fsp3) is 0.625. The summed E-state index contributed by atoms with van der Waals surface area (Å²) in [6, 6.07) is 8.21. The lowest BCUT2D eigenvalue weighted by atomic mass is 9.95. The summed E-state index contributed by atoms with van der Waals surface area (Å²) in [6.07, 6.45) is 3.44. The minimum atomic E-state index is 0.318. The molecule has 1 N–H and O–H groups in total. The van der Waals surface area contributed by atoms with Crippen LogP contribution in [0.3, 0.4) is 0 Å². The highest BCUT2D eigenvalue weighted by molar-refractivity contribution is 5.26. The Morgan fingerprint density at radius 2 is 2.11 bits per heavy atom. The topological polar surface area (TPSA) is 32.7 Å². The number of likely N-dealkylation sites (tertiary alicyclic amines) is 1. The molecular weight excluding hydrogens is 238 g/mol. The van der Waals surface area contributed by atoms with Crippen LogP contribution in [0.5, 0.6) is 5.75 Å². The molecule has 1 aromatic carbocycles. The molecule has 1 aliphatic rings. The van der Waals surface area contributed by atoms with Crippen LogP contribution < -0.4 is 4.74 Å². The van der Waals surface area contributed by atoms with Gasteiger partial charge in [0.2, 0.25) is 0 Å². The van der Waals surface area contributed by atoms with Gasteiger partial charge in [0.15, 0.2) is 0 Å². The van der Waals surface area contributed by atoms with Gasteiger partial charge in [-0.05, 0) is 50.8 Å². The first-order valence-corrected chi connectivity index (χ1v) is 7.30. The van der Waals surface area contributed by atoms with Gasteiger partial charge in [-0.25, -0.2) is 0 Å². The van der Waals surface area contributed by atoms with Gasteiger partial charge in [-0.15, -0.1) is 0 Å². The van der Waals surface area contributed by atoms with Crippen LogP contribution in [0.4, 0.5) is 0 Å². The summed E-state index contributed by atoms with van der Waals surface area (Å²) < 4.78 is 5.77. The second kappa shape index (κ2) is 7.51. The molecule has 0 amide bonds. The van der Waals surface area contributed by atoms with Crippen molar-refractivity contribution in [2.24, 2.45) is 5.92 Å². The van der Waals surface area contributed by atoms with E-state index in [1.807, 2.05) is 12.1 Å². The highest BCUT2D eigenvalue weighted by Gasteiger charge is 2.18. The van der Waals surface area contributed by atoms with Gasteiger partial charge in [0, 0.05) is 19.7 Å². The van der Waals surface area contributed by atoms with Gasteiger partial charge in [-0.2, -0.15) is 0 Å². The number of benzene rings is 1. The average molecular weight is 263 g/mol. The molecule has 0 aliphatic carbocycles. The molecule has 1 aromatic rings. The number of rotatable bonds is 6. The van der Waals surface area contributed by atoms with Crippen LogP contribution in [0.25, 0.3) is 0 Å². The summed E-state index contributed by atoms with van der Waals surface area (Å²) in [4.78, 5) is 2.46. The van der Waals surface area contributed by atoms with Crippen molar-refractivity contribution in [1.82, 2.24) is 4.90 Å². The van der Waals surface area contributed by atoms with Crippen LogP contribution in [-0.4, -0.2) is 42.9 Å². The van der Waals surface area contributed by atoms with Crippen LogP contribution in [0.1, 0.15) is 24.8 Å². The lowest BCUT2D eigenvalue weighted by molar-refractivity contribution is 0.129. The summed E-state index contributed by atoms with van der Waals surface area (Å²) in [5, 5.41) is 9.01. The molecule has 1 fully saturated rings. The molecule has 0 aromatic heterocycles. The Kier molecular flexibility index (Phi) is 5.67. The molecule has 106 valence electrons. The first-order valence-electron chi connectivity index (χ1n) is 7.30. The van der Waals surface area contributed by atoms with Crippen molar-refractivity contribution in [3.8, 4) is 5.75 Å². The standard InChI is InChI=1S/C16H25NO2/c1-14-4-6-16(7-5-14)19-12-10-17-9-2-3-15(13-17)8-11-18/h4-7,15,18H,2-3,8-13H2,1H3. The summed E-state index contributed by atoms with van der Waals surface area (Å²) in [5.41, 5.74) is 1.26. The van der Waals surface area contributed by atoms with E-state index in [0.717, 1.165) is 31.9 Å². The van der Waals surface area contributed by atoms with E-state index in [2.05, 4.69) is 24.0 Å². The Morgan fingerprint density at radius 3 is 2.84 bits per heavy atom. The smallest absolute Gasteiger partial charge is 0.119 e. The normalized spacial score (nSPS) is 20.4. The zero-order chi connectivity index (χ0) is 13.5. The van der Waals surface area contributed by atoms with E-state index < -0.39 is 0 Å². The highest BCUT2D eigenvalue weighted by Crippen LogP contribution is 2.19. The molecule has 1 saturated heterocycles. The number of nitrogens with zero attached hydrogens (tertiary/aromatic N) is 1.